The van der Waals surface area contributed by atoms with E-state index in [2.05, 4.69) is 27.5 Å². The Morgan fingerprint density at radius 3 is 2.24 bits per heavy atom. The first-order valence-electron chi connectivity index (χ1n) is 24.9. The molecule has 0 unspecified atom stereocenters. The molecule has 19 heteroatoms. The number of aromatic nitrogens is 4. The molecule has 1 spiro atoms. The number of nitro benzene ring substituents is 1. The van der Waals surface area contributed by atoms with Crippen molar-refractivity contribution in [3.63, 3.8) is 0 Å². The monoisotopic (exact) mass is 1060 g/mol. The number of ether oxygens (including phenoxy) is 3. The van der Waals surface area contributed by atoms with Crippen LogP contribution in [0, 0.1) is 27.9 Å². The summed E-state index contributed by atoms with van der Waals surface area (Å²) in [5.74, 6) is 2.72. The number of anilines is 2. The number of para-hydroxylation sites is 2. The molecule has 3 aliphatic rings. The Morgan fingerprint density at radius 1 is 0.808 bits per heavy atom. The lowest BCUT2D eigenvalue weighted by molar-refractivity contribution is -0.384. The third kappa shape index (κ3) is 8.63. The molecule has 0 saturated carbocycles. The van der Waals surface area contributed by atoms with Crippen molar-refractivity contribution >= 4 is 73.0 Å². The Bertz CT molecular complexity index is 3830. The summed E-state index contributed by atoms with van der Waals surface area (Å²) in [5, 5.41) is 33.0. The van der Waals surface area contributed by atoms with Gasteiger partial charge in [-0.15, -0.1) is 5.10 Å². The predicted molar refractivity (Wildman–Crippen MR) is 287 cm³/mol. The van der Waals surface area contributed by atoms with E-state index in [0.717, 1.165) is 15.1 Å². The molecule has 3 aliphatic heterocycles. The second kappa shape index (κ2) is 20.5. The first-order valence-corrected chi connectivity index (χ1v) is 25.7. The van der Waals surface area contributed by atoms with Crippen LogP contribution in [-0.2, 0) is 42.4 Å². The topological polar surface area (TPSA) is 221 Å². The minimum atomic E-state index is -2.18. The van der Waals surface area contributed by atoms with Crippen molar-refractivity contribution in [1.82, 2.24) is 24.9 Å². The predicted octanol–water partition coefficient (Wildman–Crippen LogP) is 9.01. The molecule has 2 N–H and O–H groups in total. The fourth-order valence-electron chi connectivity index (χ4n) is 11.2. The lowest BCUT2D eigenvalue weighted by atomic mass is 9.65. The van der Waals surface area contributed by atoms with Crippen molar-refractivity contribution in [2.24, 2.45) is 5.92 Å². The van der Waals surface area contributed by atoms with E-state index in [4.69, 9.17) is 19.2 Å². The number of hydrogen-bond donors (Lipinski definition) is 2. The second-order valence-corrected chi connectivity index (χ2v) is 19.8. The van der Waals surface area contributed by atoms with E-state index in [-0.39, 0.29) is 48.4 Å². The summed E-state index contributed by atoms with van der Waals surface area (Å²) in [6, 6.07) is 47.0. The number of nitrogens with one attached hydrogen (secondary N) is 1. The van der Waals surface area contributed by atoms with Gasteiger partial charge in [0.15, 0.2) is 5.13 Å². The van der Waals surface area contributed by atoms with Gasteiger partial charge >= 0.3 is 12.1 Å². The average molecular weight is 1060 g/mol. The van der Waals surface area contributed by atoms with Crippen molar-refractivity contribution < 1.29 is 43.4 Å². The smallest absolute Gasteiger partial charge is 0.421 e. The van der Waals surface area contributed by atoms with Crippen LogP contribution in [0.4, 0.5) is 21.3 Å². The van der Waals surface area contributed by atoms with Crippen LogP contribution in [0.5, 0.6) is 5.75 Å². The number of rotatable bonds is 12. The number of aliphatic hydroxyl groups excluding tert-OH is 1. The normalized spacial score (nSPS) is 20.4. The summed E-state index contributed by atoms with van der Waals surface area (Å²) >= 11 is 1.21. The summed E-state index contributed by atoms with van der Waals surface area (Å²) in [5.41, 5.74) is 2.58. The number of cyclic esters (lactones) is 1. The van der Waals surface area contributed by atoms with Crippen LogP contribution in [0.1, 0.15) is 51.6 Å². The third-order valence-electron chi connectivity index (χ3n) is 14.4. The molecular formula is C59H44N8O10S. The van der Waals surface area contributed by atoms with Crippen LogP contribution < -0.4 is 15.0 Å². The average Bonchev–Trinajstić information content (AvgIpc) is 3.52. The SMILES string of the molecule is O=C1O[C@H](c2ccccc2)[C@H](c2ccccc2)N2[C@H]1[C@@H](C(=O)Nc1nc3ccccc3s1)[C@]1(C(=O)N(C(=O)OCc3ccc([N+](=O)[O-])cc3)c3ccc(C#CCn4nnc5ccccc54)cc31)[C@H]2c1ccc(OCCO)cc1. The third-order valence-corrected chi connectivity index (χ3v) is 15.3. The summed E-state index contributed by atoms with van der Waals surface area (Å²) in [7, 11) is 0. The first-order chi connectivity index (χ1) is 38.1. The molecule has 0 aliphatic carbocycles. The Labute approximate surface area is 448 Å². The van der Waals surface area contributed by atoms with Gasteiger partial charge in [-0.1, -0.05) is 125 Å². The van der Waals surface area contributed by atoms with Gasteiger partial charge in [0.05, 0.1) is 51.0 Å². The number of amides is 3. The first kappa shape index (κ1) is 49.3. The van der Waals surface area contributed by atoms with Crippen molar-refractivity contribution in [3.05, 3.63) is 219 Å². The van der Waals surface area contributed by atoms with Gasteiger partial charge in [0.2, 0.25) is 11.8 Å². The maximum atomic E-state index is 16.8. The van der Waals surface area contributed by atoms with E-state index in [1.807, 2.05) is 114 Å². The Morgan fingerprint density at radius 2 is 1.51 bits per heavy atom. The largest absolute Gasteiger partial charge is 0.491 e. The molecule has 2 aromatic heterocycles. The molecule has 7 aromatic carbocycles. The Kier molecular flexibility index (Phi) is 12.9. The number of nitro groups is 1. The number of nitrogens with zero attached hydrogens (tertiary/aromatic N) is 7. The van der Waals surface area contributed by atoms with Crippen molar-refractivity contribution in [2.75, 3.05) is 23.4 Å². The van der Waals surface area contributed by atoms with Gasteiger partial charge < -0.3 is 24.6 Å². The van der Waals surface area contributed by atoms with Gasteiger partial charge in [-0.3, -0.25) is 29.4 Å². The molecule has 2 saturated heterocycles. The number of morpholine rings is 1. The van der Waals surface area contributed by atoms with Crippen molar-refractivity contribution in [1.29, 1.82) is 0 Å². The fraction of sp³-hybridized carbons (Fsp3) is 0.169. The molecule has 5 heterocycles. The van der Waals surface area contributed by atoms with Crippen LogP contribution >= 0.6 is 11.3 Å². The standard InChI is InChI=1S/C59H44N8O10S/c68-32-33-75-42-28-24-40(25-29-42)53-59(49(54(69)61-57-60-45-18-8-10-20-48(45)78-57)51-55(70)77-52(39-15-5-2-6-16-39)50(66(51)53)38-13-3-1-4-14-38)43-34-36(12-11-31-64-47-19-9-7-17-44(47)62-63-64)23-30-46(43)65(56(59)71)58(72)76-35-37-21-26-41(27-22-37)67(73)74/h1-10,13-30,34,49-53,68H,31-33,35H2,(H,60,61,69)/t49-,50-,51-,52+,53+,59-/m0/s1. The van der Waals surface area contributed by atoms with E-state index in [9.17, 15) is 15.2 Å². The van der Waals surface area contributed by atoms with Crippen LogP contribution in [0.15, 0.2) is 176 Å². The molecule has 386 valence electrons. The number of esters is 1. The number of thiazole rings is 1. The van der Waals surface area contributed by atoms with E-state index < -0.39 is 64.4 Å². The quantitative estimate of drug-likeness (QED) is 0.0505. The van der Waals surface area contributed by atoms with Crippen molar-refractivity contribution in [2.45, 2.75) is 42.8 Å². The molecule has 2 fully saturated rings. The van der Waals surface area contributed by atoms with Crippen molar-refractivity contribution in [3.8, 4) is 17.6 Å². The number of benzene rings is 7. The molecule has 3 amide bonds. The highest BCUT2D eigenvalue weighted by Gasteiger charge is 2.76. The number of carbonyl (C=O) groups excluding carboxylic acids is 4. The van der Waals surface area contributed by atoms with Gasteiger partial charge in [0, 0.05) is 17.7 Å². The molecule has 6 atom stereocenters. The number of fused-ring (bicyclic) bond motifs is 5. The lowest BCUT2D eigenvalue weighted by Gasteiger charge is -2.46. The van der Waals surface area contributed by atoms with Crippen LogP contribution in [0.3, 0.4) is 0 Å². The molecular weight excluding hydrogens is 1010 g/mol. The van der Waals surface area contributed by atoms with E-state index in [1.165, 1.54) is 35.6 Å². The van der Waals surface area contributed by atoms with Gasteiger partial charge in [0.1, 0.15) is 48.6 Å². The van der Waals surface area contributed by atoms with E-state index in [0.29, 0.717) is 44.6 Å². The highest BCUT2D eigenvalue weighted by atomic mass is 32.1. The van der Waals surface area contributed by atoms with Gasteiger partial charge in [-0.25, -0.2) is 19.4 Å². The maximum Gasteiger partial charge on any atom is 0.421 e. The molecule has 12 rings (SSSR count). The zero-order valence-electron chi connectivity index (χ0n) is 41.1. The van der Waals surface area contributed by atoms with Gasteiger partial charge in [-0.05, 0) is 94.5 Å². The maximum absolute atomic E-state index is 16.8. The second-order valence-electron chi connectivity index (χ2n) is 18.8. The van der Waals surface area contributed by atoms with E-state index >= 15 is 19.2 Å². The van der Waals surface area contributed by atoms with Crippen LogP contribution in [-0.4, -0.2) is 78.0 Å². The minimum Gasteiger partial charge on any atom is -0.491 e. The fourth-order valence-corrected chi connectivity index (χ4v) is 12.0. The molecule has 78 heavy (non-hydrogen) atoms. The number of carbonyl (C=O) groups is 4. The zero-order chi connectivity index (χ0) is 53.5. The minimum absolute atomic E-state index is 0.00461. The number of hydrogen-bond acceptors (Lipinski definition) is 15. The summed E-state index contributed by atoms with van der Waals surface area (Å²) < 4.78 is 20.8. The molecule has 0 radical (unpaired) electrons. The van der Waals surface area contributed by atoms with Crippen LogP contribution in [0.2, 0.25) is 0 Å². The van der Waals surface area contributed by atoms with Gasteiger partial charge in [-0.2, -0.15) is 0 Å². The summed E-state index contributed by atoms with van der Waals surface area (Å²) in [4.78, 5) is 82.0. The lowest BCUT2D eigenvalue weighted by Crippen LogP contribution is -2.54. The molecule has 18 nitrogen and oxygen atoms in total. The Hall–Kier alpha value is -9.61. The Balaban J connectivity index is 1.09. The van der Waals surface area contributed by atoms with Crippen LogP contribution in [0.25, 0.3) is 21.3 Å². The summed E-state index contributed by atoms with van der Waals surface area (Å²) in [6.07, 6.45) is -2.10. The number of imide groups is 1. The number of non-ortho nitro benzene ring substituents is 1. The highest BCUT2D eigenvalue weighted by Crippen LogP contribution is 2.66. The summed E-state index contributed by atoms with van der Waals surface area (Å²) in [6.45, 7) is -0.516. The van der Waals surface area contributed by atoms with Gasteiger partial charge in [0.25, 0.3) is 5.69 Å². The molecule has 0 bridgehead atoms. The zero-order valence-corrected chi connectivity index (χ0v) is 41.9. The molecule has 9 aromatic rings. The highest BCUT2D eigenvalue weighted by molar-refractivity contribution is 7.22. The van der Waals surface area contributed by atoms with E-state index in [1.54, 1.807) is 47.1 Å². The number of aliphatic hydroxyl groups is 1.